The Morgan fingerprint density at radius 2 is 2.20 bits per heavy atom. The van der Waals surface area contributed by atoms with E-state index < -0.39 is 5.97 Å². The molecule has 7 nitrogen and oxygen atoms in total. The van der Waals surface area contributed by atoms with Crippen LogP contribution in [0.1, 0.15) is 18.8 Å². The molecule has 3 aromatic rings. The molecule has 0 aliphatic carbocycles. The highest BCUT2D eigenvalue weighted by Gasteiger charge is 2.19. The largest absolute Gasteiger partial charge is 0.480 e. The molecule has 1 aromatic carbocycles. The number of carboxylic acids is 1. The fourth-order valence-corrected chi connectivity index (χ4v) is 2.25. The summed E-state index contributed by atoms with van der Waals surface area (Å²) in [6.45, 7) is 1.78. The normalized spacial score (nSPS) is 12.7. The van der Waals surface area contributed by atoms with Crippen LogP contribution in [0.3, 0.4) is 0 Å². The van der Waals surface area contributed by atoms with Crippen LogP contribution in [0.25, 0.3) is 11.0 Å². The molecular formula is C13H13N5O2. The van der Waals surface area contributed by atoms with Crippen molar-refractivity contribution in [3.8, 4) is 0 Å². The third-order valence-electron chi connectivity index (χ3n) is 3.18. The van der Waals surface area contributed by atoms with Gasteiger partial charge in [0.2, 0.25) is 0 Å². The van der Waals surface area contributed by atoms with E-state index in [2.05, 4.69) is 15.1 Å². The average Bonchev–Trinajstić information content (AvgIpc) is 3.06. The van der Waals surface area contributed by atoms with Gasteiger partial charge in [-0.15, -0.1) is 0 Å². The SMILES string of the molecule is CC(c1nc2ccccc2n1CC(=O)O)n1cncn1. The Hall–Kier alpha value is -2.70. The molecule has 0 radical (unpaired) electrons. The number of benzene rings is 1. The second-order valence-electron chi connectivity index (χ2n) is 4.49. The van der Waals surface area contributed by atoms with E-state index in [1.165, 1.54) is 6.33 Å². The van der Waals surface area contributed by atoms with E-state index in [1.807, 2.05) is 31.2 Å². The van der Waals surface area contributed by atoms with Crippen LogP contribution in [0.2, 0.25) is 0 Å². The van der Waals surface area contributed by atoms with Crippen molar-refractivity contribution in [2.24, 2.45) is 0 Å². The summed E-state index contributed by atoms with van der Waals surface area (Å²) in [5.41, 5.74) is 1.58. The van der Waals surface area contributed by atoms with E-state index in [-0.39, 0.29) is 12.6 Å². The highest BCUT2D eigenvalue weighted by Crippen LogP contribution is 2.22. The maximum atomic E-state index is 11.1. The summed E-state index contributed by atoms with van der Waals surface area (Å²) in [6, 6.07) is 7.29. The Bertz CT molecular complexity index is 747. The van der Waals surface area contributed by atoms with Crippen LogP contribution in [0, 0.1) is 0 Å². The van der Waals surface area contributed by atoms with Crippen molar-refractivity contribution in [3.63, 3.8) is 0 Å². The lowest BCUT2D eigenvalue weighted by Crippen LogP contribution is -2.17. The van der Waals surface area contributed by atoms with Gasteiger partial charge in [0.15, 0.2) is 0 Å². The van der Waals surface area contributed by atoms with Gasteiger partial charge in [0.25, 0.3) is 0 Å². The average molecular weight is 271 g/mol. The molecule has 0 bridgehead atoms. The van der Waals surface area contributed by atoms with E-state index >= 15 is 0 Å². The van der Waals surface area contributed by atoms with Gasteiger partial charge in [0.05, 0.1) is 11.0 Å². The van der Waals surface area contributed by atoms with Crippen molar-refractivity contribution in [1.82, 2.24) is 24.3 Å². The van der Waals surface area contributed by atoms with Gasteiger partial charge in [-0.3, -0.25) is 4.79 Å². The summed E-state index contributed by atoms with van der Waals surface area (Å²) in [5, 5.41) is 13.2. The molecule has 1 unspecified atom stereocenters. The molecule has 2 heterocycles. The molecule has 0 aliphatic rings. The third kappa shape index (κ3) is 2.03. The van der Waals surface area contributed by atoms with Crippen LogP contribution in [-0.4, -0.2) is 35.4 Å². The molecule has 7 heteroatoms. The second kappa shape index (κ2) is 4.76. The minimum absolute atomic E-state index is 0.130. The van der Waals surface area contributed by atoms with Crippen molar-refractivity contribution in [3.05, 3.63) is 42.7 Å². The highest BCUT2D eigenvalue weighted by atomic mass is 16.4. The van der Waals surface area contributed by atoms with Crippen LogP contribution in [0.4, 0.5) is 0 Å². The van der Waals surface area contributed by atoms with Crippen molar-refractivity contribution < 1.29 is 9.90 Å². The van der Waals surface area contributed by atoms with Crippen molar-refractivity contribution in [1.29, 1.82) is 0 Å². The van der Waals surface area contributed by atoms with Crippen LogP contribution >= 0.6 is 0 Å². The Balaban J connectivity index is 2.16. The number of hydrogen-bond acceptors (Lipinski definition) is 4. The summed E-state index contributed by atoms with van der Waals surface area (Å²) in [7, 11) is 0. The fourth-order valence-electron chi connectivity index (χ4n) is 2.25. The second-order valence-corrected chi connectivity index (χ2v) is 4.49. The number of para-hydroxylation sites is 2. The standard InChI is InChI=1S/C13H13N5O2/c1-9(18-8-14-7-15-18)13-16-10-4-2-3-5-11(10)17(13)6-12(19)20/h2-5,7-9H,6H2,1H3,(H,19,20). The zero-order valence-electron chi connectivity index (χ0n) is 10.8. The maximum absolute atomic E-state index is 11.1. The summed E-state index contributed by atoms with van der Waals surface area (Å²) in [6.07, 6.45) is 3.04. The first-order valence-electron chi connectivity index (χ1n) is 6.18. The van der Waals surface area contributed by atoms with E-state index in [9.17, 15) is 4.79 Å². The van der Waals surface area contributed by atoms with Gasteiger partial charge in [-0.25, -0.2) is 14.6 Å². The maximum Gasteiger partial charge on any atom is 0.323 e. The molecule has 0 spiro atoms. The third-order valence-corrected chi connectivity index (χ3v) is 3.18. The summed E-state index contributed by atoms with van der Waals surface area (Å²) in [5.74, 6) is -0.251. The Morgan fingerprint density at radius 1 is 1.40 bits per heavy atom. The van der Waals surface area contributed by atoms with Gasteiger partial charge in [-0.05, 0) is 19.1 Å². The number of hydrogen-bond donors (Lipinski definition) is 1. The molecule has 1 atom stereocenters. The van der Waals surface area contributed by atoms with Gasteiger partial charge in [0, 0.05) is 0 Å². The molecule has 0 saturated carbocycles. The molecule has 0 aliphatic heterocycles. The molecule has 0 fully saturated rings. The first kappa shape index (κ1) is 12.3. The van der Waals surface area contributed by atoms with E-state index in [1.54, 1.807) is 15.6 Å². The lowest BCUT2D eigenvalue weighted by atomic mass is 10.3. The molecule has 0 saturated heterocycles. The van der Waals surface area contributed by atoms with Crippen LogP contribution in [0.5, 0.6) is 0 Å². The molecule has 20 heavy (non-hydrogen) atoms. The molecule has 102 valence electrons. The van der Waals surface area contributed by atoms with E-state index in [0.717, 1.165) is 11.0 Å². The van der Waals surface area contributed by atoms with Crippen molar-refractivity contribution >= 4 is 17.0 Å². The minimum atomic E-state index is -0.903. The quantitative estimate of drug-likeness (QED) is 0.773. The van der Waals surface area contributed by atoms with Crippen molar-refractivity contribution in [2.45, 2.75) is 19.5 Å². The first-order chi connectivity index (χ1) is 9.66. The molecule has 3 rings (SSSR count). The van der Waals surface area contributed by atoms with Crippen molar-refractivity contribution in [2.75, 3.05) is 0 Å². The van der Waals surface area contributed by atoms with Gasteiger partial charge in [-0.2, -0.15) is 5.10 Å². The number of aromatic nitrogens is 5. The lowest BCUT2D eigenvalue weighted by molar-refractivity contribution is -0.137. The van der Waals surface area contributed by atoms with Gasteiger partial charge in [0.1, 0.15) is 31.1 Å². The number of carboxylic acid groups (broad SMARTS) is 1. The number of carbonyl (C=O) groups is 1. The smallest absolute Gasteiger partial charge is 0.323 e. The minimum Gasteiger partial charge on any atom is -0.480 e. The number of nitrogens with zero attached hydrogens (tertiary/aromatic N) is 5. The van der Waals surface area contributed by atoms with E-state index in [4.69, 9.17) is 5.11 Å². The molecule has 1 N–H and O–H groups in total. The Kier molecular flexibility index (Phi) is 2.94. The predicted molar refractivity (Wildman–Crippen MR) is 71.2 cm³/mol. The summed E-state index contributed by atoms with van der Waals surface area (Å²) in [4.78, 5) is 19.5. The number of rotatable bonds is 4. The number of aliphatic carboxylic acids is 1. The van der Waals surface area contributed by atoms with Crippen LogP contribution in [-0.2, 0) is 11.3 Å². The summed E-state index contributed by atoms with van der Waals surface area (Å²) < 4.78 is 3.35. The molecular weight excluding hydrogens is 258 g/mol. The molecule has 2 aromatic heterocycles. The Morgan fingerprint density at radius 3 is 2.90 bits per heavy atom. The van der Waals surface area contributed by atoms with Gasteiger partial charge >= 0.3 is 5.97 Å². The van der Waals surface area contributed by atoms with E-state index in [0.29, 0.717) is 5.82 Å². The number of imidazole rings is 1. The Labute approximate surface area is 114 Å². The van der Waals surface area contributed by atoms with Gasteiger partial charge < -0.3 is 9.67 Å². The summed E-state index contributed by atoms with van der Waals surface area (Å²) >= 11 is 0. The van der Waals surface area contributed by atoms with Crippen LogP contribution in [0.15, 0.2) is 36.9 Å². The first-order valence-corrected chi connectivity index (χ1v) is 6.18. The van der Waals surface area contributed by atoms with Crippen LogP contribution < -0.4 is 0 Å². The zero-order valence-corrected chi connectivity index (χ0v) is 10.8. The number of fused-ring (bicyclic) bond motifs is 1. The monoisotopic (exact) mass is 271 g/mol. The predicted octanol–water partition coefficient (Wildman–Crippen LogP) is 1.32. The lowest BCUT2D eigenvalue weighted by Gasteiger charge is -2.13. The topological polar surface area (TPSA) is 85.8 Å². The zero-order chi connectivity index (χ0) is 14.1. The highest BCUT2D eigenvalue weighted by molar-refractivity contribution is 5.78. The fraction of sp³-hybridized carbons (Fsp3) is 0.231. The molecule has 0 amide bonds. The van der Waals surface area contributed by atoms with Gasteiger partial charge in [-0.1, -0.05) is 12.1 Å².